The lowest BCUT2D eigenvalue weighted by Crippen LogP contribution is -2.30. The van der Waals surface area contributed by atoms with Crippen LogP contribution in [0.5, 0.6) is 11.5 Å². The number of nitrogens with one attached hydrogen (secondary N) is 1. The van der Waals surface area contributed by atoms with Crippen molar-refractivity contribution in [2.45, 2.75) is 24.9 Å². The zero-order valence-corrected chi connectivity index (χ0v) is 24.6. The summed E-state index contributed by atoms with van der Waals surface area (Å²) in [5, 5.41) is 24.0. The number of rotatable bonds is 9. The van der Waals surface area contributed by atoms with Gasteiger partial charge in [0.2, 0.25) is 10.0 Å². The maximum Gasteiger partial charge on any atom is 0.262 e. The molecule has 0 unspecified atom stereocenters. The monoisotopic (exact) mass is 620 g/mol. The van der Waals surface area contributed by atoms with Gasteiger partial charge in [-0.05, 0) is 71.3 Å². The fraction of sp³-hybridized carbons (Fsp3) is 0.100. The zero-order valence-electron chi connectivity index (χ0n) is 22.2. The predicted molar refractivity (Wildman–Crippen MR) is 162 cm³/mol. The summed E-state index contributed by atoms with van der Waals surface area (Å²) < 4.78 is 28.2. The SMILES string of the molecule is Cc1cc(S(=O)(=O)NCc2ccccn2)cnc1-c1ccc(N(Cc2ccsc2)C(=O)c2cc(Cl)c(O)cc2O)cc1. The van der Waals surface area contributed by atoms with Gasteiger partial charge in [0.15, 0.2) is 0 Å². The second kappa shape index (κ2) is 12.3. The number of aryl methyl sites for hydroxylation is 1. The van der Waals surface area contributed by atoms with E-state index in [0.717, 1.165) is 17.2 Å². The van der Waals surface area contributed by atoms with Crippen molar-refractivity contribution in [3.63, 3.8) is 0 Å². The van der Waals surface area contributed by atoms with Gasteiger partial charge >= 0.3 is 0 Å². The molecule has 3 N–H and O–H groups in total. The number of hydrogen-bond donors (Lipinski definition) is 3. The number of pyridine rings is 2. The van der Waals surface area contributed by atoms with E-state index in [9.17, 15) is 23.4 Å². The van der Waals surface area contributed by atoms with Crippen molar-refractivity contribution >= 4 is 44.6 Å². The summed E-state index contributed by atoms with van der Waals surface area (Å²) in [6, 6.07) is 18.1. The minimum absolute atomic E-state index is 0.0382. The Labute approximate surface area is 251 Å². The summed E-state index contributed by atoms with van der Waals surface area (Å²) in [5.41, 5.74) is 3.95. The number of halogens is 1. The van der Waals surface area contributed by atoms with Gasteiger partial charge in [-0.3, -0.25) is 14.8 Å². The molecule has 214 valence electrons. The Balaban J connectivity index is 1.40. The highest BCUT2D eigenvalue weighted by Crippen LogP contribution is 2.34. The van der Waals surface area contributed by atoms with Gasteiger partial charge in [0.25, 0.3) is 5.91 Å². The molecule has 0 bridgehead atoms. The fourth-order valence-electron chi connectivity index (χ4n) is 4.27. The van der Waals surface area contributed by atoms with Crippen molar-refractivity contribution in [2.24, 2.45) is 0 Å². The molecule has 5 aromatic rings. The van der Waals surface area contributed by atoms with E-state index in [1.54, 1.807) is 61.7 Å². The van der Waals surface area contributed by atoms with E-state index in [0.29, 0.717) is 22.6 Å². The number of phenols is 2. The molecule has 5 rings (SSSR count). The first-order chi connectivity index (χ1) is 20.1. The lowest BCUT2D eigenvalue weighted by atomic mass is 10.1. The number of carbonyl (C=O) groups is 1. The van der Waals surface area contributed by atoms with Crippen LogP contribution in [0.4, 0.5) is 5.69 Å². The molecule has 3 heterocycles. The van der Waals surface area contributed by atoms with E-state index < -0.39 is 21.7 Å². The Morgan fingerprint density at radius 3 is 2.48 bits per heavy atom. The fourth-order valence-corrected chi connectivity index (χ4v) is 6.12. The minimum Gasteiger partial charge on any atom is -0.507 e. The highest BCUT2D eigenvalue weighted by atomic mass is 35.5. The van der Waals surface area contributed by atoms with Crippen LogP contribution in [0.25, 0.3) is 11.3 Å². The Morgan fingerprint density at radius 2 is 1.81 bits per heavy atom. The van der Waals surface area contributed by atoms with Crippen LogP contribution in [0.1, 0.15) is 27.2 Å². The number of aromatic hydroxyl groups is 2. The number of anilines is 1. The van der Waals surface area contributed by atoms with Crippen LogP contribution in [-0.2, 0) is 23.1 Å². The summed E-state index contributed by atoms with van der Waals surface area (Å²) in [6.07, 6.45) is 2.90. The van der Waals surface area contributed by atoms with E-state index in [2.05, 4.69) is 14.7 Å². The number of phenolic OH excluding ortho intramolecular Hbond substituents is 2. The number of nitrogens with zero attached hydrogens (tertiary/aromatic N) is 3. The van der Waals surface area contributed by atoms with Gasteiger partial charge in [-0.25, -0.2) is 13.1 Å². The number of thiophene rings is 1. The van der Waals surface area contributed by atoms with Crippen LogP contribution in [-0.4, -0.2) is 34.5 Å². The first-order valence-electron chi connectivity index (χ1n) is 12.6. The minimum atomic E-state index is -3.81. The molecule has 0 saturated heterocycles. The molecule has 0 aliphatic heterocycles. The van der Waals surface area contributed by atoms with E-state index >= 15 is 0 Å². The van der Waals surface area contributed by atoms with Crippen molar-refractivity contribution in [1.82, 2.24) is 14.7 Å². The maximum atomic E-state index is 13.6. The normalized spacial score (nSPS) is 11.4. The number of aromatic nitrogens is 2. The third kappa shape index (κ3) is 6.44. The van der Waals surface area contributed by atoms with Gasteiger partial charge in [-0.15, -0.1) is 0 Å². The molecule has 0 aliphatic rings. The first-order valence-corrected chi connectivity index (χ1v) is 15.4. The third-order valence-corrected chi connectivity index (χ3v) is 8.85. The largest absolute Gasteiger partial charge is 0.507 e. The van der Waals surface area contributed by atoms with Crippen molar-refractivity contribution in [2.75, 3.05) is 4.90 Å². The molecule has 42 heavy (non-hydrogen) atoms. The third-order valence-electron chi connectivity index (χ3n) is 6.45. The number of carbonyl (C=O) groups excluding carboxylic acids is 1. The van der Waals surface area contributed by atoms with Gasteiger partial charge < -0.3 is 15.1 Å². The molecule has 0 spiro atoms. The smallest absolute Gasteiger partial charge is 0.262 e. The molecule has 0 aliphatic carbocycles. The van der Waals surface area contributed by atoms with Crippen LogP contribution in [0.15, 0.2) is 94.8 Å². The van der Waals surface area contributed by atoms with E-state index in [1.807, 2.05) is 16.8 Å². The van der Waals surface area contributed by atoms with Gasteiger partial charge in [-0.2, -0.15) is 11.3 Å². The van der Waals surface area contributed by atoms with E-state index in [-0.39, 0.29) is 34.3 Å². The van der Waals surface area contributed by atoms with Crippen molar-refractivity contribution in [1.29, 1.82) is 0 Å². The summed E-state index contributed by atoms with van der Waals surface area (Å²) in [6.45, 7) is 2.06. The number of sulfonamides is 1. The highest BCUT2D eigenvalue weighted by molar-refractivity contribution is 7.89. The second-order valence-corrected chi connectivity index (χ2v) is 12.3. The van der Waals surface area contributed by atoms with Crippen LogP contribution >= 0.6 is 22.9 Å². The first kappa shape index (κ1) is 29.2. The van der Waals surface area contributed by atoms with Gasteiger partial charge in [0.1, 0.15) is 16.4 Å². The molecule has 12 heteroatoms. The number of hydrogen-bond acceptors (Lipinski definition) is 8. The molecule has 0 atom stereocenters. The Bertz CT molecular complexity index is 1830. The molecular weight excluding hydrogens is 596 g/mol. The van der Waals surface area contributed by atoms with Crippen LogP contribution in [0.2, 0.25) is 5.02 Å². The quantitative estimate of drug-likeness (QED) is 0.187. The maximum absolute atomic E-state index is 13.6. The topological polar surface area (TPSA) is 133 Å². The van der Waals surface area contributed by atoms with Crippen molar-refractivity contribution in [3.8, 4) is 22.8 Å². The Hall–Kier alpha value is -4.29. The molecule has 0 fully saturated rings. The van der Waals surface area contributed by atoms with Gasteiger partial charge in [0, 0.05) is 29.7 Å². The lowest BCUT2D eigenvalue weighted by Gasteiger charge is -2.23. The van der Waals surface area contributed by atoms with Crippen LogP contribution in [0.3, 0.4) is 0 Å². The molecule has 9 nitrogen and oxygen atoms in total. The summed E-state index contributed by atoms with van der Waals surface area (Å²) in [7, 11) is -3.81. The summed E-state index contributed by atoms with van der Waals surface area (Å²) >= 11 is 7.53. The average Bonchev–Trinajstić information content (AvgIpc) is 3.51. The predicted octanol–water partition coefficient (Wildman–Crippen LogP) is 5.90. The van der Waals surface area contributed by atoms with Crippen molar-refractivity contribution in [3.05, 3.63) is 117 Å². The molecular formula is C30H25ClN4O5S2. The molecule has 0 saturated carbocycles. The zero-order chi connectivity index (χ0) is 29.9. The lowest BCUT2D eigenvalue weighted by molar-refractivity contribution is 0.0982. The summed E-state index contributed by atoms with van der Waals surface area (Å²) in [5.74, 6) is -1.22. The average molecular weight is 621 g/mol. The Morgan fingerprint density at radius 1 is 1.02 bits per heavy atom. The van der Waals surface area contributed by atoms with Gasteiger partial charge in [0.05, 0.1) is 35.1 Å². The molecule has 3 aromatic heterocycles. The van der Waals surface area contributed by atoms with Crippen LogP contribution < -0.4 is 9.62 Å². The number of amides is 1. The van der Waals surface area contributed by atoms with Gasteiger partial charge in [-0.1, -0.05) is 29.8 Å². The van der Waals surface area contributed by atoms with E-state index in [1.165, 1.54) is 28.5 Å². The standard InChI is InChI=1S/C30H25ClN4O5S2/c1-19-12-24(42(39,40)34-15-22-4-2-3-10-32-22)16-33-29(19)21-5-7-23(8-6-21)35(17-20-9-11-41-18-20)30(38)25-13-26(31)28(37)14-27(25)36/h2-14,16,18,34,36-37H,15,17H2,1H3. The van der Waals surface area contributed by atoms with E-state index in [4.69, 9.17) is 11.6 Å². The summed E-state index contributed by atoms with van der Waals surface area (Å²) in [4.78, 5) is 23.7. The second-order valence-electron chi connectivity index (χ2n) is 9.37. The molecule has 0 radical (unpaired) electrons. The molecule has 2 aromatic carbocycles. The van der Waals surface area contributed by atoms with Crippen LogP contribution in [0, 0.1) is 6.92 Å². The molecule has 1 amide bonds. The Kier molecular flexibility index (Phi) is 8.55. The highest BCUT2D eigenvalue weighted by Gasteiger charge is 2.23. The van der Waals surface area contributed by atoms with Crippen molar-refractivity contribution < 1.29 is 23.4 Å². The number of benzene rings is 2.